The number of rotatable bonds is 6. The molecule has 1 rings (SSSR count). The van der Waals surface area contributed by atoms with Crippen LogP contribution in [0.1, 0.15) is 12.5 Å². The van der Waals surface area contributed by atoms with Crippen LogP contribution < -0.4 is 5.32 Å². The maximum atomic E-state index is 11.0. The molecular weight excluding hydrogens is 202 g/mol. The Morgan fingerprint density at radius 3 is 2.81 bits per heavy atom. The minimum absolute atomic E-state index is 0.00536. The van der Waals surface area contributed by atoms with E-state index in [1.165, 1.54) is 6.08 Å². The highest BCUT2D eigenvalue weighted by Crippen LogP contribution is 2.00. The Labute approximate surface area is 96.1 Å². The zero-order valence-electron chi connectivity index (χ0n) is 9.48. The van der Waals surface area contributed by atoms with E-state index in [0.29, 0.717) is 13.2 Å². The van der Waals surface area contributed by atoms with Crippen LogP contribution in [-0.2, 0) is 16.1 Å². The lowest BCUT2D eigenvalue weighted by Crippen LogP contribution is -2.34. The SMILES string of the molecule is C=CC(=O)NC(C)COCc1ccccc1. The van der Waals surface area contributed by atoms with Gasteiger partial charge in [-0.05, 0) is 18.6 Å². The molecule has 0 saturated heterocycles. The van der Waals surface area contributed by atoms with Gasteiger partial charge in [0.2, 0.25) is 5.91 Å². The summed E-state index contributed by atoms with van der Waals surface area (Å²) in [6, 6.07) is 9.92. The van der Waals surface area contributed by atoms with Crippen molar-refractivity contribution >= 4 is 5.91 Å². The molecule has 1 N–H and O–H groups in total. The number of hydrogen-bond acceptors (Lipinski definition) is 2. The number of carbonyl (C=O) groups is 1. The fourth-order valence-corrected chi connectivity index (χ4v) is 1.27. The Kier molecular flexibility index (Phi) is 5.29. The van der Waals surface area contributed by atoms with E-state index < -0.39 is 0 Å². The first-order valence-electron chi connectivity index (χ1n) is 5.27. The molecule has 1 amide bonds. The predicted molar refractivity (Wildman–Crippen MR) is 63.9 cm³/mol. The zero-order chi connectivity index (χ0) is 11.8. The fraction of sp³-hybridized carbons (Fsp3) is 0.308. The van der Waals surface area contributed by atoms with E-state index >= 15 is 0 Å². The van der Waals surface area contributed by atoms with Gasteiger partial charge in [-0.3, -0.25) is 4.79 Å². The van der Waals surface area contributed by atoms with Gasteiger partial charge in [0.1, 0.15) is 0 Å². The molecule has 0 bridgehead atoms. The van der Waals surface area contributed by atoms with E-state index in [2.05, 4.69) is 11.9 Å². The molecule has 16 heavy (non-hydrogen) atoms. The predicted octanol–water partition coefficient (Wildman–Crippen LogP) is 1.89. The molecule has 0 radical (unpaired) electrons. The van der Waals surface area contributed by atoms with E-state index in [4.69, 9.17) is 4.74 Å². The first-order chi connectivity index (χ1) is 7.72. The van der Waals surface area contributed by atoms with Gasteiger partial charge < -0.3 is 10.1 Å². The minimum Gasteiger partial charge on any atom is -0.375 e. The summed E-state index contributed by atoms with van der Waals surface area (Å²) in [4.78, 5) is 11.0. The van der Waals surface area contributed by atoms with Crippen LogP contribution in [0.5, 0.6) is 0 Å². The maximum absolute atomic E-state index is 11.0. The largest absolute Gasteiger partial charge is 0.375 e. The maximum Gasteiger partial charge on any atom is 0.243 e. The number of nitrogens with one attached hydrogen (secondary N) is 1. The highest BCUT2D eigenvalue weighted by molar-refractivity contribution is 5.87. The molecule has 0 aliphatic heterocycles. The molecular formula is C13H17NO2. The monoisotopic (exact) mass is 219 g/mol. The highest BCUT2D eigenvalue weighted by atomic mass is 16.5. The normalized spacial score (nSPS) is 11.8. The van der Waals surface area contributed by atoms with Crippen LogP contribution in [0.3, 0.4) is 0 Å². The summed E-state index contributed by atoms with van der Waals surface area (Å²) in [6.07, 6.45) is 1.26. The van der Waals surface area contributed by atoms with Crippen LogP contribution in [0.25, 0.3) is 0 Å². The minimum atomic E-state index is -0.171. The third-order valence-corrected chi connectivity index (χ3v) is 2.05. The number of benzene rings is 1. The van der Waals surface area contributed by atoms with Crippen molar-refractivity contribution in [1.29, 1.82) is 0 Å². The van der Waals surface area contributed by atoms with Crippen molar-refractivity contribution in [3.05, 3.63) is 48.6 Å². The van der Waals surface area contributed by atoms with E-state index in [0.717, 1.165) is 5.56 Å². The zero-order valence-corrected chi connectivity index (χ0v) is 9.48. The average molecular weight is 219 g/mol. The average Bonchev–Trinajstić information content (AvgIpc) is 2.30. The summed E-state index contributed by atoms with van der Waals surface area (Å²) in [6.45, 7) is 6.34. The van der Waals surface area contributed by atoms with Gasteiger partial charge in [0, 0.05) is 6.04 Å². The number of amides is 1. The van der Waals surface area contributed by atoms with Gasteiger partial charge >= 0.3 is 0 Å². The van der Waals surface area contributed by atoms with E-state index in [9.17, 15) is 4.79 Å². The van der Waals surface area contributed by atoms with Crippen LogP contribution in [0.4, 0.5) is 0 Å². The molecule has 1 aromatic rings. The summed E-state index contributed by atoms with van der Waals surface area (Å²) in [5.74, 6) is -0.171. The van der Waals surface area contributed by atoms with Gasteiger partial charge in [-0.15, -0.1) is 0 Å². The van der Waals surface area contributed by atoms with Gasteiger partial charge in [-0.2, -0.15) is 0 Å². The van der Waals surface area contributed by atoms with Crippen LogP contribution in [0.2, 0.25) is 0 Å². The van der Waals surface area contributed by atoms with Gasteiger partial charge in [0.25, 0.3) is 0 Å². The van der Waals surface area contributed by atoms with Crippen LogP contribution in [0, 0.1) is 0 Å². The molecule has 0 aliphatic rings. The molecule has 3 nitrogen and oxygen atoms in total. The van der Waals surface area contributed by atoms with Gasteiger partial charge in [0.05, 0.1) is 13.2 Å². The Bertz CT molecular complexity index is 335. The lowest BCUT2D eigenvalue weighted by atomic mass is 10.2. The van der Waals surface area contributed by atoms with Crippen molar-refractivity contribution in [2.45, 2.75) is 19.6 Å². The van der Waals surface area contributed by atoms with E-state index in [1.54, 1.807) is 0 Å². The molecule has 86 valence electrons. The van der Waals surface area contributed by atoms with Gasteiger partial charge in [-0.1, -0.05) is 36.9 Å². The van der Waals surface area contributed by atoms with E-state index in [-0.39, 0.29) is 11.9 Å². The van der Waals surface area contributed by atoms with Crippen molar-refractivity contribution in [1.82, 2.24) is 5.32 Å². The van der Waals surface area contributed by atoms with Crippen molar-refractivity contribution in [3.63, 3.8) is 0 Å². The molecule has 0 aliphatic carbocycles. The number of carbonyl (C=O) groups excluding carboxylic acids is 1. The smallest absolute Gasteiger partial charge is 0.243 e. The molecule has 3 heteroatoms. The molecule has 0 fully saturated rings. The Balaban J connectivity index is 2.20. The highest BCUT2D eigenvalue weighted by Gasteiger charge is 2.03. The van der Waals surface area contributed by atoms with E-state index in [1.807, 2.05) is 37.3 Å². The topological polar surface area (TPSA) is 38.3 Å². The first-order valence-corrected chi connectivity index (χ1v) is 5.27. The first kappa shape index (κ1) is 12.5. The van der Waals surface area contributed by atoms with Crippen molar-refractivity contribution in [2.24, 2.45) is 0 Å². The lowest BCUT2D eigenvalue weighted by Gasteiger charge is -2.12. The summed E-state index contributed by atoms with van der Waals surface area (Å²) in [5.41, 5.74) is 1.13. The molecule has 1 unspecified atom stereocenters. The van der Waals surface area contributed by atoms with Crippen molar-refractivity contribution < 1.29 is 9.53 Å². The Morgan fingerprint density at radius 2 is 2.19 bits per heavy atom. The number of hydrogen-bond donors (Lipinski definition) is 1. The summed E-state index contributed by atoms with van der Waals surface area (Å²) >= 11 is 0. The quantitative estimate of drug-likeness (QED) is 0.742. The van der Waals surface area contributed by atoms with Crippen LogP contribution in [-0.4, -0.2) is 18.6 Å². The molecule has 0 heterocycles. The number of ether oxygens (including phenoxy) is 1. The standard InChI is InChI=1S/C13H17NO2/c1-3-13(15)14-11(2)9-16-10-12-7-5-4-6-8-12/h3-8,11H,1,9-10H2,2H3,(H,14,15). The molecule has 1 aromatic carbocycles. The second-order valence-electron chi connectivity index (χ2n) is 3.61. The fourth-order valence-electron chi connectivity index (χ4n) is 1.27. The van der Waals surface area contributed by atoms with Gasteiger partial charge in [-0.25, -0.2) is 0 Å². The van der Waals surface area contributed by atoms with Crippen molar-refractivity contribution in [2.75, 3.05) is 6.61 Å². The summed E-state index contributed by atoms with van der Waals surface area (Å²) < 4.78 is 5.48. The second-order valence-corrected chi connectivity index (χ2v) is 3.61. The third kappa shape index (κ3) is 4.75. The summed E-state index contributed by atoms with van der Waals surface area (Å²) in [7, 11) is 0. The Morgan fingerprint density at radius 1 is 1.50 bits per heavy atom. The lowest BCUT2D eigenvalue weighted by molar-refractivity contribution is -0.117. The van der Waals surface area contributed by atoms with Crippen LogP contribution >= 0.6 is 0 Å². The molecule has 0 aromatic heterocycles. The van der Waals surface area contributed by atoms with Crippen LogP contribution in [0.15, 0.2) is 43.0 Å². The molecule has 0 spiro atoms. The second kappa shape index (κ2) is 6.80. The Hall–Kier alpha value is -1.61. The molecule has 0 saturated carbocycles. The third-order valence-electron chi connectivity index (χ3n) is 2.05. The van der Waals surface area contributed by atoms with Gasteiger partial charge in [0.15, 0.2) is 0 Å². The molecule has 1 atom stereocenters. The summed E-state index contributed by atoms with van der Waals surface area (Å²) in [5, 5.41) is 2.73. The van der Waals surface area contributed by atoms with Crippen molar-refractivity contribution in [3.8, 4) is 0 Å².